The number of carbonyl (C=O) groups excluding carboxylic acids is 3. The molecule has 0 aliphatic carbocycles. The van der Waals surface area contributed by atoms with Crippen LogP contribution in [0.15, 0.2) is 23.1 Å². The summed E-state index contributed by atoms with van der Waals surface area (Å²) in [6.45, 7) is 1.26. The molecule has 1 aliphatic heterocycles. The van der Waals surface area contributed by atoms with Crippen molar-refractivity contribution in [1.29, 1.82) is 0 Å². The van der Waals surface area contributed by atoms with Gasteiger partial charge in [0.2, 0.25) is 0 Å². The highest BCUT2D eigenvalue weighted by atomic mass is 35.5. The monoisotopic (exact) mass is 297 g/mol. The lowest BCUT2D eigenvalue weighted by Crippen LogP contribution is -2.17. The number of thioether (sulfide) groups is 1. The maximum absolute atomic E-state index is 11.4. The second-order valence-electron chi connectivity index (χ2n) is 3.61. The first-order valence-corrected chi connectivity index (χ1v) is 6.38. The van der Waals surface area contributed by atoms with Gasteiger partial charge in [-0.2, -0.15) is 0 Å². The number of hydrogen-bond donors (Lipinski definition) is 1. The first-order valence-electron chi connectivity index (χ1n) is 5.19. The lowest BCUT2D eigenvalue weighted by molar-refractivity contribution is -0.131. The van der Waals surface area contributed by atoms with Crippen molar-refractivity contribution >= 4 is 46.6 Å². The van der Waals surface area contributed by atoms with Crippen LogP contribution >= 0.6 is 23.4 Å². The third-order valence-electron chi connectivity index (χ3n) is 2.18. The molecule has 1 heterocycles. The molecule has 1 fully saturated rings. The van der Waals surface area contributed by atoms with Crippen LogP contribution in [0.3, 0.4) is 0 Å². The molecule has 7 heteroatoms. The number of benzene rings is 1. The minimum absolute atomic E-state index is 0.206. The molecule has 2 rings (SSSR count). The smallest absolute Gasteiger partial charge is 0.308 e. The maximum Gasteiger partial charge on any atom is 0.308 e. The van der Waals surface area contributed by atoms with Crippen LogP contribution < -0.4 is 10.1 Å². The molecule has 1 aromatic carbocycles. The van der Waals surface area contributed by atoms with E-state index in [2.05, 4.69) is 5.32 Å². The topological polar surface area (TPSA) is 72.5 Å². The summed E-state index contributed by atoms with van der Waals surface area (Å²) in [4.78, 5) is 33.6. The van der Waals surface area contributed by atoms with E-state index in [0.717, 1.165) is 11.8 Å². The van der Waals surface area contributed by atoms with Crippen LogP contribution in [-0.4, -0.2) is 17.1 Å². The molecular weight excluding hydrogens is 290 g/mol. The van der Waals surface area contributed by atoms with E-state index in [0.29, 0.717) is 5.56 Å². The van der Waals surface area contributed by atoms with Crippen LogP contribution in [0.1, 0.15) is 12.5 Å². The zero-order valence-electron chi connectivity index (χ0n) is 9.73. The summed E-state index contributed by atoms with van der Waals surface area (Å²) in [6.07, 6.45) is 1.47. The van der Waals surface area contributed by atoms with Gasteiger partial charge in [0.05, 0.1) is 9.93 Å². The van der Waals surface area contributed by atoms with Gasteiger partial charge in [-0.05, 0) is 29.5 Å². The largest absolute Gasteiger partial charge is 0.425 e. The lowest BCUT2D eigenvalue weighted by Gasteiger charge is -2.06. The zero-order valence-corrected chi connectivity index (χ0v) is 11.3. The molecule has 5 nitrogen and oxygen atoms in total. The second kappa shape index (κ2) is 5.46. The molecule has 2 amide bonds. The predicted molar refractivity (Wildman–Crippen MR) is 71.9 cm³/mol. The Labute approximate surface area is 117 Å². The number of hydrogen-bond acceptors (Lipinski definition) is 5. The number of esters is 1. The third kappa shape index (κ3) is 3.15. The highest BCUT2D eigenvalue weighted by Crippen LogP contribution is 2.32. The van der Waals surface area contributed by atoms with Crippen molar-refractivity contribution in [2.75, 3.05) is 0 Å². The first kappa shape index (κ1) is 13.6. The van der Waals surface area contributed by atoms with Crippen molar-refractivity contribution < 1.29 is 19.1 Å². The van der Waals surface area contributed by atoms with Gasteiger partial charge < -0.3 is 4.74 Å². The summed E-state index contributed by atoms with van der Waals surface area (Å²) in [6, 6.07) is 4.83. The van der Waals surface area contributed by atoms with Gasteiger partial charge in [0.15, 0.2) is 0 Å². The average molecular weight is 298 g/mol. The highest BCUT2D eigenvalue weighted by molar-refractivity contribution is 8.18. The van der Waals surface area contributed by atoms with Gasteiger partial charge in [-0.3, -0.25) is 19.7 Å². The van der Waals surface area contributed by atoms with Crippen molar-refractivity contribution in [2.45, 2.75) is 6.92 Å². The summed E-state index contributed by atoms with van der Waals surface area (Å²) in [5.74, 6) is -0.753. The van der Waals surface area contributed by atoms with E-state index in [1.54, 1.807) is 18.2 Å². The molecule has 19 heavy (non-hydrogen) atoms. The molecule has 0 aromatic heterocycles. The lowest BCUT2D eigenvalue weighted by atomic mass is 10.2. The van der Waals surface area contributed by atoms with Gasteiger partial charge in [-0.25, -0.2) is 0 Å². The number of amides is 2. The molecule has 0 atom stereocenters. The van der Waals surface area contributed by atoms with Gasteiger partial charge in [0.1, 0.15) is 5.75 Å². The van der Waals surface area contributed by atoms with Crippen LogP contribution in [0.4, 0.5) is 4.79 Å². The molecule has 0 spiro atoms. The number of halogens is 1. The SMILES string of the molecule is CC(=O)Oc1cccc(/C=C2\SC(=O)NC2=O)c1Cl. The van der Waals surface area contributed by atoms with Gasteiger partial charge in [0.25, 0.3) is 11.1 Å². The van der Waals surface area contributed by atoms with Crippen LogP contribution in [0.25, 0.3) is 6.08 Å². The van der Waals surface area contributed by atoms with E-state index in [9.17, 15) is 14.4 Å². The molecule has 0 radical (unpaired) electrons. The normalized spacial score (nSPS) is 16.6. The van der Waals surface area contributed by atoms with Crippen molar-refractivity contribution in [3.8, 4) is 5.75 Å². The fourth-order valence-corrected chi connectivity index (χ4v) is 2.33. The number of nitrogens with one attached hydrogen (secondary N) is 1. The zero-order chi connectivity index (χ0) is 14.0. The van der Waals surface area contributed by atoms with Crippen LogP contribution in [0, 0.1) is 0 Å². The summed E-state index contributed by atoms with van der Waals surface area (Å²) >= 11 is 6.86. The Morgan fingerprint density at radius 1 is 1.42 bits per heavy atom. The fraction of sp³-hybridized carbons (Fsp3) is 0.0833. The van der Waals surface area contributed by atoms with Gasteiger partial charge in [-0.1, -0.05) is 23.7 Å². The standard InChI is InChI=1S/C12H8ClNO4S/c1-6(15)18-8-4-2-3-7(10(8)13)5-9-11(16)14-12(17)19-9/h2-5H,1H3,(H,14,16,17)/b9-5-. The summed E-state index contributed by atoms with van der Waals surface area (Å²) in [5, 5.41) is 1.92. The van der Waals surface area contributed by atoms with Crippen LogP contribution in [-0.2, 0) is 9.59 Å². The molecule has 1 aliphatic rings. The highest BCUT2D eigenvalue weighted by Gasteiger charge is 2.25. The number of carbonyl (C=O) groups is 3. The number of imide groups is 1. The van der Waals surface area contributed by atoms with Crippen molar-refractivity contribution in [2.24, 2.45) is 0 Å². The molecule has 1 aromatic rings. The quantitative estimate of drug-likeness (QED) is 0.516. The van der Waals surface area contributed by atoms with E-state index in [1.807, 2.05) is 0 Å². The van der Waals surface area contributed by atoms with Crippen molar-refractivity contribution in [3.63, 3.8) is 0 Å². The Bertz CT molecular complexity index is 612. The fourth-order valence-electron chi connectivity index (χ4n) is 1.44. The van der Waals surface area contributed by atoms with Crippen LogP contribution in [0.2, 0.25) is 5.02 Å². The Kier molecular flexibility index (Phi) is 3.92. The van der Waals surface area contributed by atoms with E-state index in [1.165, 1.54) is 13.0 Å². The Balaban J connectivity index is 2.36. The Morgan fingerprint density at radius 2 is 2.16 bits per heavy atom. The minimum atomic E-state index is -0.491. The third-order valence-corrected chi connectivity index (χ3v) is 3.39. The predicted octanol–water partition coefficient (Wildman–Crippen LogP) is 2.59. The molecule has 0 saturated carbocycles. The maximum atomic E-state index is 11.4. The molecule has 1 N–H and O–H groups in total. The molecule has 0 bridgehead atoms. The van der Waals surface area contributed by atoms with Gasteiger partial charge in [-0.15, -0.1) is 0 Å². The van der Waals surface area contributed by atoms with Crippen LogP contribution in [0.5, 0.6) is 5.75 Å². The Hall–Kier alpha value is -1.79. The van der Waals surface area contributed by atoms with Gasteiger partial charge >= 0.3 is 5.97 Å². The minimum Gasteiger partial charge on any atom is -0.425 e. The number of ether oxygens (including phenoxy) is 1. The van der Waals surface area contributed by atoms with E-state index >= 15 is 0 Å². The summed E-state index contributed by atoms with van der Waals surface area (Å²) < 4.78 is 4.92. The summed E-state index contributed by atoms with van der Waals surface area (Å²) in [5.41, 5.74) is 0.493. The Morgan fingerprint density at radius 3 is 2.74 bits per heavy atom. The molecule has 0 unspecified atom stereocenters. The van der Waals surface area contributed by atoms with E-state index < -0.39 is 17.1 Å². The van der Waals surface area contributed by atoms with Crippen molar-refractivity contribution in [1.82, 2.24) is 5.32 Å². The van der Waals surface area contributed by atoms with E-state index in [4.69, 9.17) is 16.3 Å². The van der Waals surface area contributed by atoms with Crippen molar-refractivity contribution in [3.05, 3.63) is 33.7 Å². The first-order chi connectivity index (χ1) is 8.97. The second-order valence-corrected chi connectivity index (χ2v) is 5.00. The summed E-state index contributed by atoms with van der Waals surface area (Å²) in [7, 11) is 0. The molecule has 98 valence electrons. The van der Waals surface area contributed by atoms with Gasteiger partial charge in [0, 0.05) is 6.92 Å². The van der Waals surface area contributed by atoms with E-state index in [-0.39, 0.29) is 15.7 Å². The number of rotatable bonds is 2. The molecule has 1 saturated heterocycles. The average Bonchev–Trinajstić information content (AvgIpc) is 2.62. The molecular formula is C12H8ClNO4S.